The molecule has 2 bridgehead atoms. The van der Waals surface area contributed by atoms with Crippen molar-refractivity contribution < 1.29 is 18.0 Å². The van der Waals surface area contributed by atoms with Gasteiger partial charge in [0.2, 0.25) is 5.91 Å². The molecule has 0 spiro atoms. The summed E-state index contributed by atoms with van der Waals surface area (Å²) in [5.41, 5.74) is 0. The molecule has 112 valence electrons. The number of thioether (sulfide) groups is 1. The van der Waals surface area contributed by atoms with E-state index in [2.05, 4.69) is 10.3 Å². The molecule has 3 aliphatic rings. The molecular formula is C13H17F3N2OS. The smallest absolute Gasteiger partial charge is 0.304 e. The van der Waals surface area contributed by atoms with Crippen LogP contribution < -0.4 is 5.32 Å². The fraction of sp³-hybridized carbons (Fsp3) is 0.846. The van der Waals surface area contributed by atoms with Gasteiger partial charge in [0.1, 0.15) is 4.75 Å². The van der Waals surface area contributed by atoms with Crippen molar-refractivity contribution in [1.82, 2.24) is 5.32 Å². The van der Waals surface area contributed by atoms with Gasteiger partial charge >= 0.3 is 6.18 Å². The Morgan fingerprint density at radius 3 is 2.70 bits per heavy atom. The van der Waals surface area contributed by atoms with Crippen molar-refractivity contribution in [3.8, 4) is 0 Å². The first-order valence-electron chi connectivity index (χ1n) is 6.90. The maximum absolute atomic E-state index is 12.5. The van der Waals surface area contributed by atoms with Crippen molar-refractivity contribution in [3.05, 3.63) is 0 Å². The Labute approximate surface area is 119 Å². The highest BCUT2D eigenvalue weighted by Gasteiger charge is 2.50. The molecule has 1 unspecified atom stereocenters. The number of nitrogens with one attached hydrogen (secondary N) is 1. The van der Waals surface area contributed by atoms with Crippen LogP contribution in [0.2, 0.25) is 0 Å². The minimum Gasteiger partial charge on any atom is -0.304 e. The zero-order valence-electron chi connectivity index (χ0n) is 11.2. The van der Waals surface area contributed by atoms with E-state index < -0.39 is 23.3 Å². The van der Waals surface area contributed by atoms with Gasteiger partial charge in [0, 0.05) is 0 Å². The second kappa shape index (κ2) is 4.64. The summed E-state index contributed by atoms with van der Waals surface area (Å²) < 4.78 is 36.2. The molecule has 3 nitrogen and oxygen atoms in total. The summed E-state index contributed by atoms with van der Waals surface area (Å²) in [4.78, 5) is 16.3. The highest BCUT2D eigenvalue weighted by molar-refractivity contribution is 8.16. The van der Waals surface area contributed by atoms with Crippen LogP contribution in [0, 0.1) is 11.8 Å². The van der Waals surface area contributed by atoms with E-state index in [9.17, 15) is 18.0 Å². The lowest BCUT2D eigenvalue weighted by Gasteiger charge is -2.20. The number of amidine groups is 1. The summed E-state index contributed by atoms with van der Waals surface area (Å²) in [6.45, 7) is 1.34. The molecular weight excluding hydrogens is 289 g/mol. The number of aliphatic imine (C=N–C) groups is 1. The van der Waals surface area contributed by atoms with E-state index in [0.29, 0.717) is 11.1 Å². The van der Waals surface area contributed by atoms with E-state index in [1.807, 2.05) is 0 Å². The zero-order chi connectivity index (χ0) is 14.5. The Hall–Kier alpha value is -0.720. The van der Waals surface area contributed by atoms with Gasteiger partial charge < -0.3 is 5.32 Å². The molecule has 3 rings (SSSR count). The Balaban J connectivity index is 1.70. The molecule has 20 heavy (non-hydrogen) atoms. The van der Waals surface area contributed by atoms with Crippen LogP contribution in [0.1, 0.15) is 39.0 Å². The topological polar surface area (TPSA) is 41.5 Å². The standard InChI is InChI=1S/C13H17F3N2OS/c1-12(6-13(14,15)16)10(19)18-11(20-12)17-9-5-7-2-3-8(9)4-7/h7-9H,2-6H2,1H3,(H,17,18,19)/t7-,8-,9-,12?/m1/s1. The van der Waals surface area contributed by atoms with Crippen LogP contribution in [-0.4, -0.2) is 28.0 Å². The summed E-state index contributed by atoms with van der Waals surface area (Å²) >= 11 is 0.932. The predicted octanol–water partition coefficient (Wildman–Crippen LogP) is 3.11. The van der Waals surface area contributed by atoms with Gasteiger partial charge in [-0.05, 0) is 38.0 Å². The molecule has 4 atom stereocenters. The second-order valence-corrected chi connectivity index (χ2v) is 7.75. The van der Waals surface area contributed by atoms with Gasteiger partial charge in [-0.1, -0.05) is 18.2 Å². The predicted molar refractivity (Wildman–Crippen MR) is 71.5 cm³/mol. The van der Waals surface area contributed by atoms with Gasteiger partial charge in [0.15, 0.2) is 5.17 Å². The maximum atomic E-state index is 12.5. The van der Waals surface area contributed by atoms with Gasteiger partial charge in [-0.15, -0.1) is 0 Å². The Bertz CT molecular complexity index is 465. The Morgan fingerprint density at radius 2 is 2.15 bits per heavy atom. The number of hydrogen-bond acceptors (Lipinski definition) is 3. The molecule has 0 aromatic rings. The van der Waals surface area contributed by atoms with Crippen molar-refractivity contribution in [2.45, 2.75) is 56.0 Å². The summed E-state index contributed by atoms with van der Waals surface area (Å²) in [6.07, 6.45) is -0.866. The number of fused-ring (bicyclic) bond motifs is 2. The second-order valence-electron chi connectivity index (χ2n) is 6.26. The first-order chi connectivity index (χ1) is 9.25. The molecule has 0 aromatic heterocycles. The minimum absolute atomic E-state index is 0.185. The minimum atomic E-state index is -4.35. The van der Waals surface area contributed by atoms with Crippen LogP contribution in [0.15, 0.2) is 4.99 Å². The van der Waals surface area contributed by atoms with E-state index in [1.54, 1.807) is 0 Å². The number of carbonyl (C=O) groups excluding carboxylic acids is 1. The first-order valence-corrected chi connectivity index (χ1v) is 7.72. The van der Waals surface area contributed by atoms with E-state index >= 15 is 0 Å². The lowest BCUT2D eigenvalue weighted by molar-refractivity contribution is -0.148. The molecule has 1 N–H and O–H groups in total. The third-order valence-electron chi connectivity index (χ3n) is 4.54. The number of alkyl halides is 3. The number of amides is 1. The fourth-order valence-corrected chi connectivity index (χ4v) is 4.73. The lowest BCUT2D eigenvalue weighted by Crippen LogP contribution is -2.37. The fourth-order valence-electron chi connectivity index (χ4n) is 3.59. The molecule has 1 aliphatic heterocycles. The average Bonchev–Trinajstić information content (AvgIpc) is 2.92. The number of carbonyl (C=O) groups is 1. The van der Waals surface area contributed by atoms with Crippen molar-refractivity contribution in [3.63, 3.8) is 0 Å². The lowest BCUT2D eigenvalue weighted by atomic mass is 9.96. The van der Waals surface area contributed by atoms with Crippen LogP contribution in [0.3, 0.4) is 0 Å². The Kier molecular flexibility index (Phi) is 3.30. The largest absolute Gasteiger partial charge is 0.390 e. The van der Waals surface area contributed by atoms with Gasteiger partial charge in [-0.2, -0.15) is 13.2 Å². The molecule has 2 aliphatic carbocycles. The number of halogens is 3. The van der Waals surface area contributed by atoms with Crippen molar-refractivity contribution in [1.29, 1.82) is 0 Å². The SMILES string of the molecule is CC1(CC(F)(F)F)SC(=N[C@@H]2C[C@@H]3CC[C@@H]2C3)NC1=O. The van der Waals surface area contributed by atoms with Crippen LogP contribution in [-0.2, 0) is 4.79 Å². The van der Waals surface area contributed by atoms with Crippen molar-refractivity contribution in [2.75, 3.05) is 0 Å². The molecule has 1 heterocycles. The quantitative estimate of drug-likeness (QED) is 0.851. The maximum Gasteiger partial charge on any atom is 0.390 e. The monoisotopic (exact) mass is 306 g/mol. The molecule has 7 heteroatoms. The first kappa shape index (κ1) is 14.2. The molecule has 2 saturated carbocycles. The summed E-state index contributed by atoms with van der Waals surface area (Å²) in [5.74, 6) is 0.694. The third kappa shape index (κ3) is 2.69. The highest BCUT2D eigenvalue weighted by atomic mass is 32.2. The number of rotatable bonds is 2. The molecule has 0 aromatic carbocycles. The van der Waals surface area contributed by atoms with E-state index in [-0.39, 0.29) is 6.04 Å². The van der Waals surface area contributed by atoms with Gasteiger partial charge in [0.05, 0.1) is 12.5 Å². The van der Waals surface area contributed by atoms with Crippen molar-refractivity contribution >= 4 is 22.8 Å². The normalized spacial score (nSPS) is 42.5. The zero-order valence-corrected chi connectivity index (χ0v) is 12.0. The van der Waals surface area contributed by atoms with E-state index in [1.165, 1.54) is 19.8 Å². The summed E-state index contributed by atoms with van der Waals surface area (Å²) in [5, 5.41) is 2.90. The van der Waals surface area contributed by atoms with Gasteiger partial charge in [0.25, 0.3) is 0 Å². The molecule has 1 amide bonds. The van der Waals surface area contributed by atoms with Crippen LogP contribution in [0.25, 0.3) is 0 Å². The molecule has 3 fully saturated rings. The van der Waals surface area contributed by atoms with Crippen LogP contribution >= 0.6 is 11.8 Å². The average molecular weight is 306 g/mol. The number of hydrogen-bond donors (Lipinski definition) is 1. The summed E-state index contributed by atoms with van der Waals surface area (Å²) in [7, 11) is 0. The molecule has 0 radical (unpaired) electrons. The van der Waals surface area contributed by atoms with E-state index in [4.69, 9.17) is 0 Å². The van der Waals surface area contributed by atoms with Gasteiger partial charge in [-0.25, -0.2) is 0 Å². The third-order valence-corrected chi connectivity index (χ3v) is 5.73. The van der Waals surface area contributed by atoms with Crippen LogP contribution in [0.4, 0.5) is 13.2 Å². The van der Waals surface area contributed by atoms with E-state index in [0.717, 1.165) is 30.5 Å². The molecule has 1 saturated heterocycles. The van der Waals surface area contributed by atoms with Crippen molar-refractivity contribution in [2.24, 2.45) is 16.8 Å². The Morgan fingerprint density at radius 1 is 1.40 bits per heavy atom. The highest BCUT2D eigenvalue weighted by Crippen LogP contribution is 2.47. The van der Waals surface area contributed by atoms with Gasteiger partial charge in [-0.3, -0.25) is 9.79 Å². The van der Waals surface area contributed by atoms with Crippen LogP contribution in [0.5, 0.6) is 0 Å². The number of nitrogens with zero attached hydrogens (tertiary/aromatic N) is 1. The summed E-state index contributed by atoms with van der Waals surface area (Å²) in [6, 6.07) is 0.185.